The van der Waals surface area contributed by atoms with Gasteiger partial charge in [0.25, 0.3) is 0 Å². The Balaban J connectivity index is 2.47. The van der Waals surface area contributed by atoms with Crippen LogP contribution in [-0.2, 0) is 6.42 Å². The molecule has 2 N–H and O–H groups in total. The summed E-state index contributed by atoms with van der Waals surface area (Å²) in [7, 11) is 0. The predicted molar refractivity (Wildman–Crippen MR) is 75.4 cm³/mol. The third kappa shape index (κ3) is 4.86. The molecular formula is C13H19ClFNS. The lowest BCUT2D eigenvalue weighted by Gasteiger charge is -2.10. The zero-order valence-electron chi connectivity index (χ0n) is 10.3. The van der Waals surface area contributed by atoms with E-state index >= 15 is 0 Å². The molecule has 17 heavy (non-hydrogen) atoms. The first kappa shape index (κ1) is 14.8. The lowest BCUT2D eigenvalue weighted by molar-refractivity contribution is 0.613. The summed E-state index contributed by atoms with van der Waals surface area (Å²) in [5.41, 5.74) is 7.63. The third-order valence-corrected chi connectivity index (χ3v) is 3.73. The van der Waals surface area contributed by atoms with E-state index < -0.39 is 0 Å². The largest absolute Gasteiger partial charge is 0.327 e. The van der Waals surface area contributed by atoms with Gasteiger partial charge >= 0.3 is 0 Å². The van der Waals surface area contributed by atoms with Crippen molar-refractivity contribution in [3.05, 3.63) is 34.1 Å². The van der Waals surface area contributed by atoms with Crippen LogP contribution in [0.25, 0.3) is 0 Å². The van der Waals surface area contributed by atoms with E-state index in [2.05, 4.69) is 6.26 Å². The Kier molecular flexibility index (Phi) is 6.31. The Bertz CT molecular complexity index is 347. The van der Waals surface area contributed by atoms with Crippen molar-refractivity contribution in [2.45, 2.75) is 32.2 Å². The van der Waals surface area contributed by atoms with E-state index in [4.69, 9.17) is 17.3 Å². The Labute approximate surface area is 112 Å². The molecule has 0 saturated carbocycles. The lowest BCUT2D eigenvalue weighted by Crippen LogP contribution is -2.22. The van der Waals surface area contributed by atoms with Crippen LogP contribution in [-0.4, -0.2) is 18.1 Å². The summed E-state index contributed by atoms with van der Waals surface area (Å²) in [5, 5.41) is 0.216. The second kappa shape index (κ2) is 7.24. The highest BCUT2D eigenvalue weighted by Gasteiger charge is 2.07. The summed E-state index contributed by atoms with van der Waals surface area (Å²) >= 11 is 7.57. The first-order valence-electron chi connectivity index (χ1n) is 5.73. The lowest BCUT2D eigenvalue weighted by atomic mass is 10.0. The average molecular weight is 276 g/mol. The van der Waals surface area contributed by atoms with Gasteiger partial charge in [0.15, 0.2) is 0 Å². The van der Waals surface area contributed by atoms with Gasteiger partial charge in [-0.1, -0.05) is 17.7 Å². The predicted octanol–water partition coefficient (Wildman–Crippen LogP) is 3.80. The van der Waals surface area contributed by atoms with Crippen LogP contribution in [0.2, 0.25) is 5.02 Å². The molecule has 0 bridgehead atoms. The number of hydrogen-bond acceptors (Lipinski definition) is 2. The molecule has 96 valence electrons. The Morgan fingerprint density at radius 3 is 2.76 bits per heavy atom. The van der Waals surface area contributed by atoms with Crippen LogP contribution in [0.15, 0.2) is 12.1 Å². The second-order valence-corrected chi connectivity index (χ2v) is 5.63. The van der Waals surface area contributed by atoms with Gasteiger partial charge < -0.3 is 5.73 Å². The molecule has 0 aliphatic carbocycles. The van der Waals surface area contributed by atoms with Gasteiger partial charge in [0.2, 0.25) is 0 Å². The molecule has 0 radical (unpaired) electrons. The van der Waals surface area contributed by atoms with Crippen LogP contribution in [0.4, 0.5) is 4.39 Å². The first-order chi connectivity index (χ1) is 8.04. The highest BCUT2D eigenvalue weighted by Crippen LogP contribution is 2.21. The van der Waals surface area contributed by atoms with Gasteiger partial charge in [0, 0.05) is 11.8 Å². The van der Waals surface area contributed by atoms with E-state index in [1.807, 2.05) is 6.07 Å². The van der Waals surface area contributed by atoms with E-state index in [-0.39, 0.29) is 16.9 Å². The van der Waals surface area contributed by atoms with Gasteiger partial charge in [0.1, 0.15) is 5.82 Å². The summed E-state index contributed by atoms with van der Waals surface area (Å²) in [5.74, 6) is 0.679. The van der Waals surface area contributed by atoms with Crippen LogP contribution < -0.4 is 5.73 Å². The Hall–Kier alpha value is -0.250. The number of thioether (sulfide) groups is 1. The van der Waals surface area contributed by atoms with Gasteiger partial charge in [-0.2, -0.15) is 11.8 Å². The maximum atomic E-state index is 13.3. The molecule has 1 unspecified atom stereocenters. The van der Waals surface area contributed by atoms with Crippen molar-refractivity contribution in [1.82, 2.24) is 0 Å². The molecule has 1 atom stereocenters. The van der Waals surface area contributed by atoms with E-state index in [9.17, 15) is 4.39 Å². The molecule has 0 spiro atoms. The zero-order chi connectivity index (χ0) is 12.8. The highest BCUT2D eigenvalue weighted by molar-refractivity contribution is 7.98. The molecule has 1 nitrogen and oxygen atoms in total. The molecule has 0 heterocycles. The Morgan fingerprint density at radius 1 is 1.47 bits per heavy atom. The smallest absolute Gasteiger partial charge is 0.144 e. The zero-order valence-corrected chi connectivity index (χ0v) is 11.9. The minimum absolute atomic E-state index is 0.216. The fourth-order valence-electron chi connectivity index (χ4n) is 1.81. The van der Waals surface area contributed by atoms with Crippen molar-refractivity contribution in [3.63, 3.8) is 0 Å². The molecule has 1 rings (SSSR count). The number of hydrogen-bond donors (Lipinski definition) is 1. The number of rotatable bonds is 6. The normalized spacial score (nSPS) is 12.8. The number of aryl methyl sites for hydroxylation is 2. The van der Waals surface area contributed by atoms with Gasteiger partial charge in [0.05, 0.1) is 5.02 Å². The van der Waals surface area contributed by atoms with Gasteiger partial charge in [-0.15, -0.1) is 0 Å². The number of benzene rings is 1. The quantitative estimate of drug-likeness (QED) is 0.855. The van der Waals surface area contributed by atoms with Gasteiger partial charge in [-0.3, -0.25) is 0 Å². The average Bonchev–Trinajstić information content (AvgIpc) is 2.26. The summed E-state index contributed by atoms with van der Waals surface area (Å²) < 4.78 is 13.3. The number of nitrogens with two attached hydrogens (primary N) is 1. The van der Waals surface area contributed by atoms with Crippen molar-refractivity contribution in [2.24, 2.45) is 5.73 Å². The molecule has 0 fully saturated rings. The highest BCUT2D eigenvalue weighted by atomic mass is 35.5. The molecular weight excluding hydrogens is 257 g/mol. The van der Waals surface area contributed by atoms with Crippen LogP contribution in [0.3, 0.4) is 0 Å². The molecule has 0 aliphatic heterocycles. The van der Waals surface area contributed by atoms with E-state index in [0.29, 0.717) is 5.56 Å². The monoisotopic (exact) mass is 275 g/mol. The maximum Gasteiger partial charge on any atom is 0.144 e. The van der Waals surface area contributed by atoms with Crippen molar-refractivity contribution in [3.8, 4) is 0 Å². The topological polar surface area (TPSA) is 26.0 Å². The SMILES string of the molecule is CSCC(N)CCCc1cc(C)c(F)c(Cl)c1. The fraction of sp³-hybridized carbons (Fsp3) is 0.538. The van der Waals surface area contributed by atoms with E-state index in [0.717, 1.165) is 30.6 Å². The molecule has 0 aromatic heterocycles. The summed E-state index contributed by atoms with van der Waals surface area (Å²) in [4.78, 5) is 0. The van der Waals surface area contributed by atoms with Crippen molar-refractivity contribution < 1.29 is 4.39 Å². The summed E-state index contributed by atoms with van der Waals surface area (Å²) in [6.45, 7) is 1.74. The molecule has 1 aromatic rings. The molecule has 1 aromatic carbocycles. The van der Waals surface area contributed by atoms with Crippen LogP contribution in [0.5, 0.6) is 0 Å². The van der Waals surface area contributed by atoms with Gasteiger partial charge in [-0.25, -0.2) is 4.39 Å². The van der Waals surface area contributed by atoms with Gasteiger partial charge in [-0.05, 0) is 49.6 Å². The third-order valence-electron chi connectivity index (χ3n) is 2.69. The standard InChI is InChI=1S/C13H19ClFNS/c1-9-6-10(7-12(14)13(9)15)4-3-5-11(16)8-17-2/h6-7,11H,3-5,8,16H2,1-2H3. The molecule has 4 heteroatoms. The molecule has 0 saturated heterocycles. The minimum Gasteiger partial charge on any atom is -0.327 e. The van der Waals surface area contributed by atoms with Crippen molar-refractivity contribution >= 4 is 23.4 Å². The van der Waals surface area contributed by atoms with Crippen LogP contribution in [0.1, 0.15) is 24.0 Å². The molecule has 0 aliphatic rings. The maximum absolute atomic E-state index is 13.3. The van der Waals surface area contributed by atoms with Crippen molar-refractivity contribution in [1.29, 1.82) is 0 Å². The van der Waals surface area contributed by atoms with Crippen LogP contribution in [0, 0.1) is 12.7 Å². The van der Waals surface area contributed by atoms with Crippen LogP contribution >= 0.6 is 23.4 Å². The van der Waals surface area contributed by atoms with Crippen molar-refractivity contribution in [2.75, 3.05) is 12.0 Å². The first-order valence-corrected chi connectivity index (χ1v) is 7.50. The minimum atomic E-state index is -0.311. The summed E-state index contributed by atoms with van der Waals surface area (Å²) in [6, 6.07) is 3.83. The van der Waals surface area contributed by atoms with E-state index in [1.165, 1.54) is 0 Å². The Morgan fingerprint density at radius 2 is 2.18 bits per heavy atom. The summed E-state index contributed by atoms with van der Waals surface area (Å²) in [6.07, 6.45) is 4.98. The second-order valence-electron chi connectivity index (χ2n) is 4.32. The van der Waals surface area contributed by atoms with E-state index in [1.54, 1.807) is 24.8 Å². The fourth-order valence-corrected chi connectivity index (χ4v) is 2.69. The number of halogens is 2. The molecule has 0 amide bonds.